The van der Waals surface area contributed by atoms with Gasteiger partial charge in [-0.05, 0) is 25.1 Å². The summed E-state index contributed by atoms with van der Waals surface area (Å²) in [6.45, 7) is 4.68. The van der Waals surface area contributed by atoms with Gasteiger partial charge >= 0.3 is 6.09 Å². The van der Waals surface area contributed by atoms with Crippen LogP contribution in [0.15, 0.2) is 34.7 Å². The molecule has 1 saturated heterocycles. The van der Waals surface area contributed by atoms with Gasteiger partial charge in [-0.2, -0.15) is 0 Å². The molecule has 1 fully saturated rings. The van der Waals surface area contributed by atoms with Crippen LogP contribution in [0.3, 0.4) is 0 Å². The van der Waals surface area contributed by atoms with E-state index in [0.29, 0.717) is 19.7 Å². The molecule has 5 heteroatoms. The molecule has 0 aliphatic carbocycles. The van der Waals surface area contributed by atoms with Gasteiger partial charge in [0.15, 0.2) is 0 Å². The third kappa shape index (κ3) is 3.03. The van der Waals surface area contributed by atoms with Gasteiger partial charge in [0.25, 0.3) is 0 Å². The highest BCUT2D eigenvalue weighted by atomic mass is 16.6. The first-order chi connectivity index (χ1) is 10.3. The van der Waals surface area contributed by atoms with E-state index in [9.17, 15) is 4.79 Å². The maximum absolute atomic E-state index is 11.6. The average Bonchev–Trinajstić information content (AvgIpc) is 3.09. The standard InChI is InChI=1S/C16H20N2O3/c1-2-7-17-13(11-18-8-9-20-16(18)19)15-10-12-5-3-4-6-14(12)21-15/h3-6,10,13,17H,2,7-9,11H2,1H3. The Balaban J connectivity index is 1.81. The summed E-state index contributed by atoms with van der Waals surface area (Å²) < 4.78 is 10.9. The number of hydrogen-bond donors (Lipinski definition) is 1. The zero-order valence-corrected chi connectivity index (χ0v) is 12.2. The summed E-state index contributed by atoms with van der Waals surface area (Å²) in [7, 11) is 0. The number of amides is 1. The molecule has 0 radical (unpaired) electrons. The molecule has 1 amide bonds. The number of nitrogens with zero attached hydrogens (tertiary/aromatic N) is 1. The van der Waals surface area contributed by atoms with Crippen LogP contribution in [0.5, 0.6) is 0 Å². The zero-order valence-electron chi connectivity index (χ0n) is 12.2. The van der Waals surface area contributed by atoms with Crippen LogP contribution in [-0.4, -0.2) is 37.2 Å². The second kappa shape index (κ2) is 6.18. The van der Waals surface area contributed by atoms with E-state index in [1.54, 1.807) is 4.90 Å². The first-order valence-corrected chi connectivity index (χ1v) is 7.41. The predicted octanol–water partition coefficient (Wildman–Crippen LogP) is 2.93. The number of nitrogens with one attached hydrogen (secondary N) is 1. The van der Waals surface area contributed by atoms with Gasteiger partial charge in [-0.3, -0.25) is 0 Å². The fourth-order valence-corrected chi connectivity index (χ4v) is 2.56. The number of benzene rings is 1. The van der Waals surface area contributed by atoms with Crippen molar-refractivity contribution in [2.24, 2.45) is 0 Å². The normalized spacial score (nSPS) is 16.4. The number of cyclic esters (lactones) is 1. The number of hydrogen-bond acceptors (Lipinski definition) is 4. The first-order valence-electron chi connectivity index (χ1n) is 7.41. The van der Waals surface area contributed by atoms with Crippen molar-refractivity contribution in [3.8, 4) is 0 Å². The number of furan rings is 1. The van der Waals surface area contributed by atoms with Crippen molar-refractivity contribution < 1.29 is 13.9 Å². The number of carbonyl (C=O) groups is 1. The molecule has 21 heavy (non-hydrogen) atoms. The minimum absolute atomic E-state index is 0.0111. The molecule has 1 aliphatic heterocycles. The van der Waals surface area contributed by atoms with E-state index >= 15 is 0 Å². The van der Waals surface area contributed by atoms with Gasteiger partial charge in [-0.25, -0.2) is 4.79 Å². The Labute approximate surface area is 123 Å². The number of rotatable bonds is 6. The minimum atomic E-state index is -0.241. The summed E-state index contributed by atoms with van der Waals surface area (Å²) in [5.41, 5.74) is 0.875. The predicted molar refractivity (Wildman–Crippen MR) is 80.2 cm³/mol. The highest BCUT2D eigenvalue weighted by Gasteiger charge is 2.27. The van der Waals surface area contributed by atoms with Gasteiger partial charge in [0.05, 0.1) is 12.6 Å². The molecule has 1 atom stereocenters. The third-order valence-electron chi connectivity index (χ3n) is 3.68. The lowest BCUT2D eigenvalue weighted by molar-refractivity contribution is 0.155. The Morgan fingerprint density at radius 2 is 2.24 bits per heavy atom. The van der Waals surface area contributed by atoms with E-state index in [1.807, 2.05) is 30.3 Å². The molecular weight excluding hydrogens is 268 g/mol. The van der Waals surface area contributed by atoms with Crippen LogP contribution in [0.4, 0.5) is 4.79 Å². The monoisotopic (exact) mass is 288 g/mol. The maximum atomic E-state index is 11.6. The molecule has 3 rings (SSSR count). The molecule has 1 unspecified atom stereocenters. The van der Waals surface area contributed by atoms with Crippen molar-refractivity contribution in [3.05, 3.63) is 36.1 Å². The van der Waals surface area contributed by atoms with Crippen molar-refractivity contribution in [1.82, 2.24) is 10.2 Å². The summed E-state index contributed by atoms with van der Waals surface area (Å²) >= 11 is 0. The Morgan fingerprint density at radius 1 is 1.38 bits per heavy atom. The van der Waals surface area contributed by atoms with Gasteiger partial charge < -0.3 is 19.4 Å². The number of para-hydroxylation sites is 1. The molecule has 112 valence electrons. The summed E-state index contributed by atoms with van der Waals surface area (Å²) in [6.07, 6.45) is 0.788. The molecular formula is C16H20N2O3. The lowest BCUT2D eigenvalue weighted by Gasteiger charge is -2.21. The first kappa shape index (κ1) is 13.9. The molecule has 0 bridgehead atoms. The van der Waals surface area contributed by atoms with Gasteiger partial charge in [-0.1, -0.05) is 25.1 Å². The minimum Gasteiger partial charge on any atom is -0.459 e. The Hall–Kier alpha value is -2.01. The highest BCUT2D eigenvalue weighted by Crippen LogP contribution is 2.25. The van der Waals surface area contributed by atoms with Crippen LogP contribution < -0.4 is 5.32 Å². The SMILES string of the molecule is CCCNC(CN1CCOC1=O)c1cc2ccccc2o1. The molecule has 1 aromatic heterocycles. The Morgan fingerprint density at radius 3 is 2.95 bits per heavy atom. The van der Waals surface area contributed by atoms with Crippen LogP contribution in [0.2, 0.25) is 0 Å². The lowest BCUT2D eigenvalue weighted by Crippen LogP contribution is -2.36. The van der Waals surface area contributed by atoms with E-state index < -0.39 is 0 Å². The van der Waals surface area contributed by atoms with Crippen LogP contribution >= 0.6 is 0 Å². The highest BCUT2D eigenvalue weighted by molar-refractivity contribution is 5.77. The van der Waals surface area contributed by atoms with Crippen LogP contribution in [0, 0.1) is 0 Å². The Kier molecular flexibility index (Phi) is 4.10. The summed E-state index contributed by atoms with van der Waals surface area (Å²) in [4.78, 5) is 13.4. The Bertz CT molecular complexity index is 590. The molecule has 1 aliphatic rings. The molecule has 0 spiro atoms. The molecule has 1 aromatic carbocycles. The molecule has 5 nitrogen and oxygen atoms in total. The summed E-state index contributed by atoms with van der Waals surface area (Å²) in [5, 5.41) is 4.53. The summed E-state index contributed by atoms with van der Waals surface area (Å²) in [5.74, 6) is 0.865. The van der Waals surface area contributed by atoms with Gasteiger partial charge in [0, 0.05) is 11.9 Å². The van der Waals surface area contributed by atoms with Crippen LogP contribution in [0.1, 0.15) is 25.1 Å². The number of carbonyl (C=O) groups excluding carboxylic acids is 1. The maximum Gasteiger partial charge on any atom is 0.410 e. The van der Waals surface area contributed by atoms with E-state index in [-0.39, 0.29) is 12.1 Å². The average molecular weight is 288 g/mol. The smallest absolute Gasteiger partial charge is 0.410 e. The topological polar surface area (TPSA) is 54.7 Å². The van der Waals surface area contributed by atoms with Gasteiger partial charge in [-0.15, -0.1) is 0 Å². The second-order valence-corrected chi connectivity index (χ2v) is 5.25. The fourth-order valence-electron chi connectivity index (χ4n) is 2.56. The van der Waals surface area contributed by atoms with Crippen molar-refractivity contribution >= 4 is 17.1 Å². The quantitative estimate of drug-likeness (QED) is 0.888. The van der Waals surface area contributed by atoms with Gasteiger partial charge in [0.2, 0.25) is 0 Å². The van der Waals surface area contributed by atoms with Crippen molar-refractivity contribution in [2.75, 3.05) is 26.2 Å². The largest absolute Gasteiger partial charge is 0.459 e. The zero-order chi connectivity index (χ0) is 14.7. The summed E-state index contributed by atoms with van der Waals surface area (Å²) in [6, 6.07) is 9.98. The lowest BCUT2D eigenvalue weighted by atomic mass is 10.2. The van der Waals surface area contributed by atoms with Crippen molar-refractivity contribution in [2.45, 2.75) is 19.4 Å². The molecule has 0 saturated carbocycles. The molecule has 2 aromatic rings. The van der Waals surface area contributed by atoms with Crippen LogP contribution in [0.25, 0.3) is 11.0 Å². The van der Waals surface area contributed by atoms with Crippen molar-refractivity contribution in [3.63, 3.8) is 0 Å². The van der Waals surface area contributed by atoms with E-state index in [4.69, 9.17) is 9.15 Å². The van der Waals surface area contributed by atoms with E-state index in [2.05, 4.69) is 12.2 Å². The van der Waals surface area contributed by atoms with E-state index in [0.717, 1.165) is 29.7 Å². The van der Waals surface area contributed by atoms with E-state index in [1.165, 1.54) is 0 Å². The third-order valence-corrected chi connectivity index (χ3v) is 3.68. The van der Waals surface area contributed by atoms with Crippen LogP contribution in [-0.2, 0) is 4.74 Å². The van der Waals surface area contributed by atoms with Crippen molar-refractivity contribution in [1.29, 1.82) is 0 Å². The van der Waals surface area contributed by atoms with Gasteiger partial charge in [0.1, 0.15) is 18.0 Å². The second-order valence-electron chi connectivity index (χ2n) is 5.25. The molecule has 1 N–H and O–H groups in total. The molecule has 2 heterocycles. The number of ether oxygens (including phenoxy) is 1. The number of fused-ring (bicyclic) bond motifs is 1. The fraction of sp³-hybridized carbons (Fsp3) is 0.438.